The van der Waals surface area contributed by atoms with E-state index in [1.54, 1.807) is 13.1 Å². The molecule has 0 atom stereocenters. The number of nitrogens with one attached hydrogen (secondary N) is 1. The maximum absolute atomic E-state index is 10.9. The molecule has 20 heavy (non-hydrogen) atoms. The molecule has 2 heterocycles. The molecule has 1 amide bonds. The van der Waals surface area contributed by atoms with Crippen LogP contribution < -0.4 is 5.32 Å². The van der Waals surface area contributed by atoms with Crippen molar-refractivity contribution in [3.63, 3.8) is 0 Å². The second-order valence-electron chi connectivity index (χ2n) is 5.32. The molecule has 0 aromatic carbocycles. The van der Waals surface area contributed by atoms with Gasteiger partial charge in [-0.3, -0.25) is 9.69 Å². The predicted molar refractivity (Wildman–Crippen MR) is 75.6 cm³/mol. The van der Waals surface area contributed by atoms with Crippen LogP contribution in [0.4, 0.5) is 0 Å². The summed E-state index contributed by atoms with van der Waals surface area (Å²) in [4.78, 5) is 17.3. The first-order valence-electron chi connectivity index (χ1n) is 6.99. The molecule has 0 aliphatic carbocycles. The van der Waals surface area contributed by atoms with Crippen molar-refractivity contribution in [2.24, 2.45) is 5.92 Å². The van der Waals surface area contributed by atoms with Gasteiger partial charge in [0.05, 0.1) is 0 Å². The molecule has 0 unspecified atom stereocenters. The average molecular weight is 272 g/mol. The van der Waals surface area contributed by atoms with Gasteiger partial charge in [-0.05, 0) is 49.5 Å². The highest BCUT2D eigenvalue weighted by Gasteiger charge is 2.19. The molecule has 1 aromatic heterocycles. The summed E-state index contributed by atoms with van der Waals surface area (Å²) in [5, 5.41) is 11.7. The Morgan fingerprint density at radius 2 is 2.30 bits per heavy atom. The van der Waals surface area contributed by atoms with Crippen LogP contribution in [0, 0.1) is 17.2 Å². The van der Waals surface area contributed by atoms with Crippen LogP contribution in [0.15, 0.2) is 18.3 Å². The van der Waals surface area contributed by atoms with Crippen LogP contribution >= 0.6 is 0 Å². The minimum Gasteiger partial charge on any atom is -0.356 e. The van der Waals surface area contributed by atoms with Gasteiger partial charge in [0.1, 0.15) is 11.8 Å². The molecule has 0 saturated carbocycles. The lowest BCUT2D eigenvalue weighted by Crippen LogP contribution is -2.37. The molecule has 1 saturated heterocycles. The first-order valence-corrected chi connectivity index (χ1v) is 6.99. The summed E-state index contributed by atoms with van der Waals surface area (Å²) in [6, 6.07) is 5.88. The van der Waals surface area contributed by atoms with Crippen LogP contribution in [0.3, 0.4) is 0 Å². The Hall–Kier alpha value is -1.93. The van der Waals surface area contributed by atoms with Gasteiger partial charge in [0, 0.05) is 26.2 Å². The molecule has 1 N–H and O–H groups in total. The van der Waals surface area contributed by atoms with Crippen LogP contribution in [0.25, 0.3) is 0 Å². The van der Waals surface area contributed by atoms with E-state index in [1.807, 2.05) is 12.1 Å². The first-order chi connectivity index (χ1) is 9.67. The highest BCUT2D eigenvalue weighted by Crippen LogP contribution is 2.18. The molecule has 5 heteroatoms. The fourth-order valence-electron chi connectivity index (χ4n) is 2.53. The standard InChI is InChI=1S/C15H20N4O/c1-12(20)18-10-13-3-6-19(7-4-13)11-14-2-5-17-15(8-14)9-16/h2,5,8,13H,3-4,6-7,10-11H2,1H3,(H,18,20). The van der Waals surface area contributed by atoms with Gasteiger partial charge in [-0.2, -0.15) is 5.26 Å². The van der Waals surface area contributed by atoms with E-state index in [2.05, 4.69) is 21.3 Å². The van der Waals surface area contributed by atoms with Gasteiger partial charge in [0.15, 0.2) is 0 Å². The van der Waals surface area contributed by atoms with E-state index >= 15 is 0 Å². The van der Waals surface area contributed by atoms with Crippen molar-refractivity contribution in [3.8, 4) is 6.07 Å². The molecule has 0 bridgehead atoms. The van der Waals surface area contributed by atoms with Gasteiger partial charge >= 0.3 is 0 Å². The third kappa shape index (κ3) is 4.32. The van der Waals surface area contributed by atoms with E-state index in [1.165, 1.54) is 0 Å². The number of aromatic nitrogens is 1. The summed E-state index contributed by atoms with van der Waals surface area (Å²) in [6.07, 6.45) is 3.91. The highest BCUT2D eigenvalue weighted by atomic mass is 16.1. The number of nitrogens with zero attached hydrogens (tertiary/aromatic N) is 3. The third-order valence-electron chi connectivity index (χ3n) is 3.69. The minimum absolute atomic E-state index is 0.0493. The molecule has 1 aliphatic rings. The smallest absolute Gasteiger partial charge is 0.216 e. The lowest BCUT2D eigenvalue weighted by molar-refractivity contribution is -0.119. The van der Waals surface area contributed by atoms with E-state index in [0.717, 1.165) is 44.6 Å². The molecule has 1 aromatic rings. The van der Waals surface area contributed by atoms with Gasteiger partial charge in [0.2, 0.25) is 5.91 Å². The first kappa shape index (κ1) is 14.5. The fourth-order valence-corrected chi connectivity index (χ4v) is 2.53. The Morgan fingerprint density at radius 3 is 2.95 bits per heavy atom. The van der Waals surface area contributed by atoms with Crippen molar-refractivity contribution in [3.05, 3.63) is 29.6 Å². The zero-order valence-corrected chi connectivity index (χ0v) is 11.8. The number of nitriles is 1. The summed E-state index contributed by atoms with van der Waals surface area (Å²) in [6.45, 7) is 5.29. The van der Waals surface area contributed by atoms with Crippen molar-refractivity contribution >= 4 is 5.91 Å². The number of piperidine rings is 1. The maximum Gasteiger partial charge on any atom is 0.216 e. The second kappa shape index (κ2) is 7.01. The predicted octanol–water partition coefficient (Wildman–Crippen LogP) is 1.30. The fraction of sp³-hybridized carbons (Fsp3) is 0.533. The minimum atomic E-state index is 0.0493. The van der Waals surface area contributed by atoms with E-state index in [4.69, 9.17) is 5.26 Å². The van der Waals surface area contributed by atoms with Crippen molar-refractivity contribution < 1.29 is 4.79 Å². The van der Waals surface area contributed by atoms with Crippen LogP contribution in [-0.2, 0) is 11.3 Å². The van der Waals surface area contributed by atoms with Gasteiger partial charge in [0.25, 0.3) is 0 Å². The van der Waals surface area contributed by atoms with E-state index in [0.29, 0.717) is 11.6 Å². The summed E-state index contributed by atoms with van der Waals surface area (Å²) < 4.78 is 0. The summed E-state index contributed by atoms with van der Waals surface area (Å²) in [5.41, 5.74) is 1.61. The molecular weight excluding hydrogens is 252 g/mol. The molecule has 0 spiro atoms. The number of amides is 1. The van der Waals surface area contributed by atoms with Gasteiger partial charge in [-0.1, -0.05) is 0 Å². The molecule has 2 rings (SSSR count). The summed E-state index contributed by atoms with van der Waals surface area (Å²) >= 11 is 0. The Morgan fingerprint density at radius 1 is 1.55 bits per heavy atom. The second-order valence-corrected chi connectivity index (χ2v) is 5.32. The van der Waals surface area contributed by atoms with Crippen LogP contribution in [0.1, 0.15) is 31.0 Å². The van der Waals surface area contributed by atoms with E-state index in [9.17, 15) is 4.79 Å². The van der Waals surface area contributed by atoms with E-state index < -0.39 is 0 Å². The van der Waals surface area contributed by atoms with E-state index in [-0.39, 0.29) is 5.91 Å². The lowest BCUT2D eigenvalue weighted by atomic mass is 9.96. The number of rotatable bonds is 4. The monoisotopic (exact) mass is 272 g/mol. The number of hydrogen-bond acceptors (Lipinski definition) is 4. The number of carbonyl (C=O) groups is 1. The van der Waals surface area contributed by atoms with Crippen molar-refractivity contribution in [2.45, 2.75) is 26.3 Å². The van der Waals surface area contributed by atoms with Crippen LogP contribution in [-0.4, -0.2) is 35.4 Å². The molecule has 106 valence electrons. The van der Waals surface area contributed by atoms with Crippen molar-refractivity contribution in [1.29, 1.82) is 5.26 Å². The zero-order chi connectivity index (χ0) is 14.4. The normalized spacial score (nSPS) is 16.6. The quantitative estimate of drug-likeness (QED) is 0.897. The Kier molecular flexibility index (Phi) is 5.08. The number of pyridine rings is 1. The average Bonchev–Trinajstić information content (AvgIpc) is 2.47. The number of likely N-dealkylation sites (tertiary alicyclic amines) is 1. The zero-order valence-electron chi connectivity index (χ0n) is 11.8. The van der Waals surface area contributed by atoms with Gasteiger partial charge in [-0.25, -0.2) is 4.98 Å². The summed E-state index contributed by atoms with van der Waals surface area (Å²) in [5.74, 6) is 0.635. The van der Waals surface area contributed by atoms with Crippen LogP contribution in [0.2, 0.25) is 0 Å². The molecule has 1 fully saturated rings. The summed E-state index contributed by atoms with van der Waals surface area (Å²) in [7, 11) is 0. The Labute approximate surface area is 119 Å². The largest absolute Gasteiger partial charge is 0.356 e. The van der Waals surface area contributed by atoms with Crippen molar-refractivity contribution in [1.82, 2.24) is 15.2 Å². The molecular formula is C15H20N4O. The Balaban J connectivity index is 1.79. The SMILES string of the molecule is CC(=O)NCC1CCN(Cc2ccnc(C#N)c2)CC1. The molecule has 1 aliphatic heterocycles. The lowest BCUT2D eigenvalue weighted by Gasteiger charge is -2.32. The third-order valence-corrected chi connectivity index (χ3v) is 3.69. The number of hydrogen-bond donors (Lipinski definition) is 1. The highest BCUT2D eigenvalue weighted by molar-refractivity contribution is 5.72. The molecule has 5 nitrogen and oxygen atoms in total. The number of carbonyl (C=O) groups excluding carboxylic acids is 1. The molecule has 0 radical (unpaired) electrons. The van der Waals surface area contributed by atoms with Gasteiger partial charge in [-0.15, -0.1) is 0 Å². The maximum atomic E-state index is 10.9. The topological polar surface area (TPSA) is 69.0 Å². The van der Waals surface area contributed by atoms with Crippen molar-refractivity contribution in [2.75, 3.05) is 19.6 Å². The van der Waals surface area contributed by atoms with Crippen LogP contribution in [0.5, 0.6) is 0 Å². The Bertz CT molecular complexity index is 501. The van der Waals surface area contributed by atoms with Gasteiger partial charge < -0.3 is 5.32 Å².